The Balaban J connectivity index is 0. The average molecular weight is 216 g/mol. The van der Waals surface area contributed by atoms with E-state index in [1.54, 1.807) is 0 Å². The van der Waals surface area contributed by atoms with Gasteiger partial charge in [0.1, 0.15) is 0 Å². The lowest BCUT2D eigenvalue weighted by atomic mass is 10.1. The van der Waals surface area contributed by atoms with Gasteiger partial charge in [-0.25, -0.2) is 0 Å². The van der Waals surface area contributed by atoms with Crippen molar-refractivity contribution >= 4 is 5.97 Å². The van der Waals surface area contributed by atoms with Crippen LogP contribution in [0.3, 0.4) is 0 Å². The van der Waals surface area contributed by atoms with Crippen LogP contribution in [0.25, 0.3) is 0 Å². The summed E-state index contributed by atoms with van der Waals surface area (Å²) in [5.74, 6) is 0.431. The maximum absolute atomic E-state index is 10.2. The molecule has 0 radical (unpaired) electrons. The molecule has 0 rings (SSSR count). The molecule has 0 aromatic heterocycles. The van der Waals surface area contributed by atoms with E-state index in [4.69, 9.17) is 4.74 Å². The fraction of sp³-hybridized carbons (Fsp3) is 0.923. The molecule has 0 fully saturated rings. The molecule has 92 valence electrons. The van der Waals surface area contributed by atoms with Gasteiger partial charge in [0.15, 0.2) is 0 Å². The van der Waals surface area contributed by atoms with Gasteiger partial charge in [-0.2, -0.15) is 0 Å². The minimum Gasteiger partial charge on any atom is -0.466 e. The summed E-state index contributed by atoms with van der Waals surface area (Å²) in [6.07, 6.45) is 6.49. The molecule has 2 nitrogen and oxygen atoms in total. The Hall–Kier alpha value is -0.530. The van der Waals surface area contributed by atoms with Gasteiger partial charge in [-0.05, 0) is 12.3 Å². The van der Waals surface area contributed by atoms with Crippen molar-refractivity contribution in [3.63, 3.8) is 0 Å². The summed E-state index contributed by atoms with van der Waals surface area (Å²) in [7, 11) is 0. The molecule has 0 aromatic carbocycles. The molecule has 2 heteroatoms. The van der Waals surface area contributed by atoms with E-state index in [2.05, 4.69) is 27.7 Å². The van der Waals surface area contributed by atoms with Gasteiger partial charge in [0, 0.05) is 6.92 Å². The largest absolute Gasteiger partial charge is 0.466 e. The van der Waals surface area contributed by atoms with E-state index in [-0.39, 0.29) is 5.97 Å². The summed E-state index contributed by atoms with van der Waals surface area (Å²) < 4.78 is 4.71. The van der Waals surface area contributed by atoms with Crippen LogP contribution in [0.2, 0.25) is 0 Å². The van der Waals surface area contributed by atoms with Crippen molar-refractivity contribution in [1.29, 1.82) is 0 Å². The van der Waals surface area contributed by atoms with Crippen LogP contribution < -0.4 is 0 Å². The summed E-state index contributed by atoms with van der Waals surface area (Å²) in [5.41, 5.74) is 0. The summed E-state index contributed by atoms with van der Waals surface area (Å²) >= 11 is 0. The number of hydrogen-bond acceptors (Lipinski definition) is 2. The predicted molar refractivity (Wildman–Crippen MR) is 65.9 cm³/mol. The Bertz CT molecular complexity index is 126. The lowest BCUT2D eigenvalue weighted by Gasteiger charge is -2.02. The lowest BCUT2D eigenvalue weighted by Crippen LogP contribution is -2.02. The number of carbonyl (C=O) groups excluding carboxylic acids is 1. The Morgan fingerprint density at radius 1 is 1.13 bits per heavy atom. The minimum absolute atomic E-state index is 0.185. The van der Waals surface area contributed by atoms with E-state index in [9.17, 15) is 4.79 Å². The van der Waals surface area contributed by atoms with Gasteiger partial charge in [-0.1, -0.05) is 53.4 Å². The van der Waals surface area contributed by atoms with Crippen molar-refractivity contribution in [2.45, 2.75) is 66.7 Å². The van der Waals surface area contributed by atoms with Crippen LogP contribution in [0.4, 0.5) is 0 Å². The standard InChI is InChI=1S/C7H14O2.C6H14/c1-6(2)4-5-9-7(3)8;1-3-5-6-4-2/h6H,4-5H2,1-3H3;3-6H2,1-2H3. The van der Waals surface area contributed by atoms with Gasteiger partial charge >= 0.3 is 5.97 Å². The fourth-order valence-corrected chi connectivity index (χ4v) is 0.938. The SMILES string of the molecule is CC(=O)OCCC(C)C.CCCCCC. The molecule has 0 heterocycles. The first-order valence-electron chi connectivity index (χ1n) is 6.17. The van der Waals surface area contributed by atoms with Crippen molar-refractivity contribution < 1.29 is 9.53 Å². The second-order valence-electron chi connectivity index (χ2n) is 4.23. The number of hydrogen-bond donors (Lipinski definition) is 0. The molecular weight excluding hydrogens is 188 g/mol. The fourth-order valence-electron chi connectivity index (χ4n) is 0.938. The summed E-state index contributed by atoms with van der Waals surface area (Å²) in [6, 6.07) is 0. The number of rotatable bonds is 6. The molecule has 0 aliphatic rings. The molecule has 0 saturated heterocycles. The summed E-state index contributed by atoms with van der Waals surface area (Å²) in [5, 5.41) is 0. The first-order chi connectivity index (χ1) is 7.04. The zero-order chi connectivity index (χ0) is 12.1. The van der Waals surface area contributed by atoms with Crippen molar-refractivity contribution in [1.82, 2.24) is 0 Å². The quantitative estimate of drug-likeness (QED) is 0.492. The first kappa shape index (κ1) is 16.9. The highest BCUT2D eigenvalue weighted by Gasteiger charge is 1.94. The molecule has 0 amide bonds. The molecule has 15 heavy (non-hydrogen) atoms. The predicted octanol–water partition coefficient (Wildman–Crippen LogP) is 4.18. The van der Waals surface area contributed by atoms with Crippen LogP contribution in [-0.2, 0) is 9.53 Å². The smallest absolute Gasteiger partial charge is 0.302 e. The number of esters is 1. The van der Waals surface area contributed by atoms with Gasteiger partial charge in [-0.15, -0.1) is 0 Å². The lowest BCUT2D eigenvalue weighted by molar-refractivity contribution is -0.141. The maximum Gasteiger partial charge on any atom is 0.302 e. The molecule has 0 unspecified atom stereocenters. The van der Waals surface area contributed by atoms with E-state index in [1.165, 1.54) is 32.6 Å². The normalized spacial score (nSPS) is 9.47. The Labute approximate surface area is 95.4 Å². The summed E-state index contributed by atoms with van der Waals surface area (Å²) in [4.78, 5) is 10.2. The number of ether oxygens (including phenoxy) is 1. The van der Waals surface area contributed by atoms with Crippen LogP contribution in [0.1, 0.15) is 66.7 Å². The van der Waals surface area contributed by atoms with Gasteiger partial charge in [0.05, 0.1) is 6.61 Å². The second kappa shape index (κ2) is 13.5. The molecular formula is C13H28O2. The molecule has 0 aromatic rings. The number of unbranched alkanes of at least 4 members (excludes halogenated alkanes) is 3. The van der Waals surface area contributed by atoms with Crippen LogP contribution >= 0.6 is 0 Å². The van der Waals surface area contributed by atoms with Crippen molar-refractivity contribution in [3.05, 3.63) is 0 Å². The second-order valence-corrected chi connectivity index (χ2v) is 4.23. The van der Waals surface area contributed by atoms with Crippen molar-refractivity contribution in [2.75, 3.05) is 6.61 Å². The highest BCUT2D eigenvalue weighted by Crippen LogP contribution is 1.98. The third-order valence-corrected chi connectivity index (χ3v) is 1.96. The van der Waals surface area contributed by atoms with E-state index in [1.807, 2.05) is 0 Å². The zero-order valence-electron chi connectivity index (χ0n) is 11.1. The molecule has 0 saturated carbocycles. The third kappa shape index (κ3) is 24.7. The topological polar surface area (TPSA) is 26.3 Å². The van der Waals surface area contributed by atoms with Crippen LogP contribution in [-0.4, -0.2) is 12.6 Å². The van der Waals surface area contributed by atoms with E-state index < -0.39 is 0 Å². The molecule has 0 aliphatic heterocycles. The third-order valence-electron chi connectivity index (χ3n) is 1.96. The minimum atomic E-state index is -0.185. The van der Waals surface area contributed by atoms with E-state index in [0.717, 1.165) is 6.42 Å². The van der Waals surface area contributed by atoms with E-state index >= 15 is 0 Å². The Kier molecular flexibility index (Phi) is 15.2. The van der Waals surface area contributed by atoms with Crippen LogP contribution in [0, 0.1) is 5.92 Å². The Morgan fingerprint density at radius 2 is 1.60 bits per heavy atom. The monoisotopic (exact) mass is 216 g/mol. The van der Waals surface area contributed by atoms with Gasteiger partial charge in [0.25, 0.3) is 0 Å². The molecule has 0 aliphatic carbocycles. The van der Waals surface area contributed by atoms with E-state index in [0.29, 0.717) is 12.5 Å². The van der Waals surface area contributed by atoms with Crippen LogP contribution in [0.15, 0.2) is 0 Å². The van der Waals surface area contributed by atoms with Crippen molar-refractivity contribution in [3.8, 4) is 0 Å². The Morgan fingerprint density at radius 3 is 1.87 bits per heavy atom. The van der Waals surface area contributed by atoms with Crippen LogP contribution in [0.5, 0.6) is 0 Å². The first-order valence-corrected chi connectivity index (χ1v) is 6.17. The van der Waals surface area contributed by atoms with Gasteiger partial charge in [-0.3, -0.25) is 4.79 Å². The molecule has 0 spiro atoms. The van der Waals surface area contributed by atoms with Crippen molar-refractivity contribution in [2.24, 2.45) is 5.92 Å². The van der Waals surface area contributed by atoms with Gasteiger partial charge in [0.2, 0.25) is 0 Å². The highest BCUT2D eigenvalue weighted by atomic mass is 16.5. The molecule has 0 atom stereocenters. The summed E-state index contributed by atoms with van der Waals surface area (Å²) in [6.45, 7) is 10.7. The molecule has 0 N–H and O–H groups in total. The number of carbonyl (C=O) groups is 1. The molecule has 0 bridgehead atoms. The highest BCUT2D eigenvalue weighted by molar-refractivity contribution is 5.65. The average Bonchev–Trinajstić information content (AvgIpc) is 2.14. The van der Waals surface area contributed by atoms with Gasteiger partial charge < -0.3 is 4.74 Å². The maximum atomic E-state index is 10.2. The zero-order valence-corrected chi connectivity index (χ0v) is 11.1.